The Morgan fingerprint density at radius 3 is 2.44 bits per heavy atom. The van der Waals surface area contributed by atoms with Crippen LogP contribution in [0.3, 0.4) is 0 Å². The van der Waals surface area contributed by atoms with Crippen molar-refractivity contribution in [1.29, 1.82) is 0 Å². The van der Waals surface area contributed by atoms with Gasteiger partial charge in [-0.1, -0.05) is 37.3 Å². The van der Waals surface area contributed by atoms with Crippen LogP contribution in [0.25, 0.3) is 32.9 Å². The van der Waals surface area contributed by atoms with Crippen LogP contribution in [0.5, 0.6) is 11.6 Å². The van der Waals surface area contributed by atoms with E-state index in [2.05, 4.69) is 20.2 Å². The molecule has 0 spiro atoms. The van der Waals surface area contributed by atoms with Gasteiger partial charge in [-0.05, 0) is 82.2 Å². The lowest BCUT2D eigenvalue weighted by Crippen LogP contribution is -2.24. The van der Waals surface area contributed by atoms with Crippen molar-refractivity contribution in [2.75, 3.05) is 5.75 Å². The van der Waals surface area contributed by atoms with Crippen LogP contribution in [0.1, 0.15) is 76.2 Å². The Labute approximate surface area is 250 Å². The lowest BCUT2D eigenvalue weighted by molar-refractivity contribution is 0.125. The number of aromatic nitrogens is 4. The molecule has 0 amide bonds. The summed E-state index contributed by atoms with van der Waals surface area (Å²) >= 11 is 0. The van der Waals surface area contributed by atoms with Gasteiger partial charge in [0.05, 0.1) is 22.9 Å². The number of nitrogens with zero attached hydrogens (tertiary/aromatic N) is 3. The summed E-state index contributed by atoms with van der Waals surface area (Å²) in [5.41, 5.74) is 3.80. The molecule has 2 aromatic heterocycles. The molecular formula is C33H35FN4O4S. The molecule has 6 rings (SSSR count). The highest BCUT2D eigenvalue weighted by molar-refractivity contribution is 7.91. The fourth-order valence-corrected chi connectivity index (χ4v) is 6.10. The molecule has 1 N–H and O–H groups in total. The average molecular weight is 603 g/mol. The van der Waals surface area contributed by atoms with Crippen LogP contribution in [0.4, 0.5) is 4.39 Å². The van der Waals surface area contributed by atoms with Crippen molar-refractivity contribution >= 4 is 31.6 Å². The fraction of sp³-hybridized carbons (Fsp3) is 0.364. The van der Waals surface area contributed by atoms with Crippen molar-refractivity contribution in [3.05, 3.63) is 71.2 Å². The first-order valence-corrected chi connectivity index (χ1v) is 16.2. The molecule has 2 heterocycles. The van der Waals surface area contributed by atoms with Gasteiger partial charge in [0, 0.05) is 16.5 Å². The van der Waals surface area contributed by atoms with Gasteiger partial charge in [0.25, 0.3) is 5.16 Å². The number of aromatic amines is 1. The summed E-state index contributed by atoms with van der Waals surface area (Å²) in [6.45, 7) is 10.9. The summed E-state index contributed by atoms with van der Waals surface area (Å²) in [6.07, 6.45) is 3.14. The zero-order chi connectivity index (χ0) is 30.7. The van der Waals surface area contributed by atoms with Gasteiger partial charge in [-0.3, -0.25) is 5.10 Å². The first kappa shape index (κ1) is 29.0. The first-order valence-electron chi connectivity index (χ1n) is 14.5. The van der Waals surface area contributed by atoms with Crippen molar-refractivity contribution in [2.45, 2.75) is 77.2 Å². The summed E-state index contributed by atoms with van der Waals surface area (Å²) < 4.78 is 55.0. The molecule has 1 atom stereocenters. The second kappa shape index (κ2) is 10.6. The third-order valence-electron chi connectivity index (χ3n) is 7.76. The van der Waals surface area contributed by atoms with Crippen molar-refractivity contribution < 1.29 is 22.3 Å². The quantitative estimate of drug-likeness (QED) is 0.182. The molecule has 5 aromatic rings. The molecule has 1 fully saturated rings. The average Bonchev–Trinajstić information content (AvgIpc) is 3.71. The van der Waals surface area contributed by atoms with Gasteiger partial charge in [0.1, 0.15) is 23.0 Å². The van der Waals surface area contributed by atoms with Gasteiger partial charge < -0.3 is 9.47 Å². The minimum Gasteiger partial charge on any atom is -0.483 e. The van der Waals surface area contributed by atoms with E-state index >= 15 is 4.39 Å². The standard InChI is InChI=1S/C33H35FN4O4S/c1-7-43(39,40)32-36-29-23(31(37-32)42-33(4,5)6)15-22(21-13-14-21)28(30(29)41-19(3)20-11-9-8-10-12-20)27-18(2)25(34)16-26-24(27)17-35-38-26/h8-12,15-17,19,21H,7,13-14H2,1-6H3,(H,35,38)/t19-/m0/s1. The number of ether oxygens (including phenoxy) is 2. The highest BCUT2D eigenvalue weighted by Crippen LogP contribution is 2.53. The number of H-pyrrole nitrogens is 1. The summed E-state index contributed by atoms with van der Waals surface area (Å²) in [5.74, 6) is 0.153. The van der Waals surface area contributed by atoms with Gasteiger partial charge >= 0.3 is 0 Å². The molecule has 1 aliphatic rings. The Kier molecular flexibility index (Phi) is 7.15. The maximum atomic E-state index is 15.5. The third kappa shape index (κ3) is 5.44. The Bertz CT molecular complexity index is 1960. The van der Waals surface area contributed by atoms with Crippen LogP contribution in [-0.2, 0) is 9.84 Å². The molecule has 8 nitrogen and oxygen atoms in total. The Hall–Kier alpha value is -4.05. The summed E-state index contributed by atoms with van der Waals surface area (Å²) in [6, 6.07) is 13.2. The van der Waals surface area contributed by atoms with Gasteiger partial charge in [-0.25, -0.2) is 17.8 Å². The molecule has 0 saturated heterocycles. The highest BCUT2D eigenvalue weighted by Gasteiger charge is 2.35. The van der Waals surface area contributed by atoms with Crippen LogP contribution in [0, 0.1) is 12.7 Å². The first-order chi connectivity index (χ1) is 20.4. The predicted octanol–water partition coefficient (Wildman–Crippen LogP) is 7.61. The largest absolute Gasteiger partial charge is 0.483 e. The minimum absolute atomic E-state index is 0.166. The SMILES string of the molecule is CCS(=O)(=O)c1nc(OC(C)(C)C)c2cc(C3CC3)c(-c3c(C)c(F)cc4[nH]ncc34)c(O[C@@H](C)c3ccccc3)c2n1. The van der Waals surface area contributed by atoms with Crippen LogP contribution in [0.15, 0.2) is 53.8 Å². The molecule has 224 valence electrons. The number of nitrogens with one attached hydrogen (secondary N) is 1. The van der Waals surface area contributed by atoms with E-state index in [-0.39, 0.29) is 28.5 Å². The number of benzene rings is 3. The number of rotatable bonds is 8. The molecule has 1 saturated carbocycles. The van der Waals surface area contributed by atoms with E-state index in [1.54, 1.807) is 20.0 Å². The lowest BCUT2D eigenvalue weighted by Gasteiger charge is -2.26. The van der Waals surface area contributed by atoms with E-state index in [0.717, 1.165) is 29.4 Å². The molecule has 0 radical (unpaired) electrons. The molecule has 0 unspecified atom stereocenters. The van der Waals surface area contributed by atoms with E-state index < -0.39 is 21.5 Å². The van der Waals surface area contributed by atoms with Crippen LogP contribution in [0.2, 0.25) is 0 Å². The molecular weight excluding hydrogens is 567 g/mol. The Balaban J connectivity index is 1.78. The Morgan fingerprint density at radius 2 is 1.79 bits per heavy atom. The van der Waals surface area contributed by atoms with Gasteiger partial charge in [-0.2, -0.15) is 10.1 Å². The van der Waals surface area contributed by atoms with Crippen molar-refractivity contribution in [3.63, 3.8) is 0 Å². The number of sulfone groups is 1. The lowest BCUT2D eigenvalue weighted by atomic mass is 9.88. The van der Waals surface area contributed by atoms with E-state index in [4.69, 9.17) is 9.47 Å². The minimum atomic E-state index is -3.83. The zero-order valence-corrected chi connectivity index (χ0v) is 26.0. The molecule has 0 aliphatic heterocycles. The molecule has 3 aromatic carbocycles. The third-order valence-corrected chi connectivity index (χ3v) is 9.25. The molecule has 10 heteroatoms. The summed E-state index contributed by atoms with van der Waals surface area (Å²) in [5, 5.41) is 8.06. The maximum Gasteiger partial charge on any atom is 0.251 e. The smallest absolute Gasteiger partial charge is 0.251 e. The maximum absolute atomic E-state index is 15.5. The molecule has 0 bridgehead atoms. The second-order valence-corrected chi connectivity index (χ2v) is 14.3. The van der Waals surface area contributed by atoms with Crippen LogP contribution >= 0.6 is 0 Å². The monoisotopic (exact) mass is 602 g/mol. The van der Waals surface area contributed by atoms with Crippen molar-refractivity contribution in [2.24, 2.45) is 0 Å². The van der Waals surface area contributed by atoms with E-state index in [0.29, 0.717) is 38.9 Å². The van der Waals surface area contributed by atoms with Gasteiger partial charge in [-0.15, -0.1) is 0 Å². The van der Waals surface area contributed by atoms with E-state index in [1.807, 2.05) is 64.1 Å². The van der Waals surface area contributed by atoms with Gasteiger partial charge in [0.2, 0.25) is 15.7 Å². The van der Waals surface area contributed by atoms with Crippen molar-refractivity contribution in [1.82, 2.24) is 20.2 Å². The van der Waals surface area contributed by atoms with E-state index in [9.17, 15) is 8.42 Å². The number of hydrogen-bond donors (Lipinski definition) is 1. The summed E-state index contributed by atoms with van der Waals surface area (Å²) in [7, 11) is -3.83. The topological polar surface area (TPSA) is 107 Å². The molecule has 43 heavy (non-hydrogen) atoms. The van der Waals surface area contributed by atoms with Gasteiger partial charge in [0.15, 0.2) is 5.75 Å². The van der Waals surface area contributed by atoms with Crippen LogP contribution < -0.4 is 9.47 Å². The Morgan fingerprint density at radius 1 is 1.07 bits per heavy atom. The highest BCUT2D eigenvalue weighted by atomic mass is 32.2. The molecule has 1 aliphatic carbocycles. The number of fused-ring (bicyclic) bond motifs is 2. The summed E-state index contributed by atoms with van der Waals surface area (Å²) in [4.78, 5) is 9.11. The second-order valence-electron chi connectivity index (χ2n) is 12.1. The van der Waals surface area contributed by atoms with E-state index in [1.165, 1.54) is 6.07 Å². The number of hydrogen-bond acceptors (Lipinski definition) is 7. The van der Waals surface area contributed by atoms with Crippen LogP contribution in [-0.4, -0.2) is 39.9 Å². The predicted molar refractivity (Wildman–Crippen MR) is 165 cm³/mol. The van der Waals surface area contributed by atoms with Crippen molar-refractivity contribution in [3.8, 4) is 22.8 Å². The fourth-order valence-electron chi connectivity index (χ4n) is 5.39. The number of halogens is 1. The normalized spacial score (nSPS) is 14.8. The zero-order valence-electron chi connectivity index (χ0n) is 25.2.